The van der Waals surface area contributed by atoms with E-state index < -0.39 is 22.9 Å². The third-order valence-corrected chi connectivity index (χ3v) is 7.00. The Morgan fingerprint density at radius 2 is 1.82 bits per heavy atom. The number of benzene rings is 2. The number of amides is 1. The molecule has 1 atom stereocenters. The molecule has 39 heavy (non-hydrogen) atoms. The lowest BCUT2D eigenvalue weighted by Crippen LogP contribution is -2.39. The fourth-order valence-electron chi connectivity index (χ4n) is 4.45. The second kappa shape index (κ2) is 11.5. The van der Waals surface area contributed by atoms with Crippen molar-refractivity contribution in [1.29, 1.82) is 0 Å². The summed E-state index contributed by atoms with van der Waals surface area (Å²) in [5.41, 5.74) is -0.467. The van der Waals surface area contributed by atoms with Crippen molar-refractivity contribution in [2.24, 2.45) is 5.41 Å². The predicted octanol–water partition coefficient (Wildman–Crippen LogP) is 5.40. The summed E-state index contributed by atoms with van der Waals surface area (Å²) >= 11 is 0. The third kappa shape index (κ3) is 6.60. The summed E-state index contributed by atoms with van der Waals surface area (Å²) in [6.07, 6.45) is 4.34. The van der Waals surface area contributed by atoms with Crippen LogP contribution in [0.1, 0.15) is 64.5 Å². The maximum Gasteiger partial charge on any atom is 0.319 e. The maximum atomic E-state index is 12.6. The lowest BCUT2D eigenvalue weighted by atomic mass is 10.0. The van der Waals surface area contributed by atoms with Crippen molar-refractivity contribution in [3.63, 3.8) is 0 Å². The van der Waals surface area contributed by atoms with Gasteiger partial charge in [-0.15, -0.1) is 0 Å². The zero-order chi connectivity index (χ0) is 28.2. The van der Waals surface area contributed by atoms with E-state index in [1.165, 1.54) is 0 Å². The van der Waals surface area contributed by atoms with Gasteiger partial charge in [0, 0.05) is 17.6 Å². The van der Waals surface area contributed by atoms with Gasteiger partial charge in [-0.05, 0) is 75.8 Å². The van der Waals surface area contributed by atoms with Gasteiger partial charge in [0.25, 0.3) is 0 Å². The fourth-order valence-corrected chi connectivity index (χ4v) is 4.45. The molecule has 0 saturated heterocycles. The number of fused-ring (bicyclic) bond motifs is 1. The summed E-state index contributed by atoms with van der Waals surface area (Å²) < 4.78 is 17.7. The monoisotopic (exact) mass is 536 g/mol. The van der Waals surface area contributed by atoms with Gasteiger partial charge in [-0.1, -0.05) is 19.1 Å². The highest BCUT2D eigenvalue weighted by molar-refractivity contribution is 6.05. The highest BCUT2D eigenvalue weighted by atomic mass is 16.5. The van der Waals surface area contributed by atoms with Crippen LogP contribution in [0.25, 0.3) is 10.9 Å². The number of hydrogen-bond donors (Lipinski definition) is 3. The summed E-state index contributed by atoms with van der Waals surface area (Å²) in [6, 6.07) is 12.5. The molecule has 2 aromatic carbocycles. The number of nitrogens with one attached hydrogen (secondary N) is 1. The average Bonchev–Trinajstić information content (AvgIpc) is 3.72. The van der Waals surface area contributed by atoms with Crippen LogP contribution in [-0.4, -0.2) is 46.4 Å². The Morgan fingerprint density at radius 3 is 2.41 bits per heavy atom. The number of aliphatic hydroxyl groups is 1. The molecule has 1 fully saturated rings. The lowest BCUT2D eigenvalue weighted by Gasteiger charge is -2.20. The van der Waals surface area contributed by atoms with Gasteiger partial charge in [0.2, 0.25) is 5.91 Å². The number of carboxylic acids is 1. The van der Waals surface area contributed by atoms with Gasteiger partial charge in [-0.25, -0.2) is 0 Å². The molecule has 3 N–H and O–H groups in total. The van der Waals surface area contributed by atoms with Gasteiger partial charge in [0.05, 0.1) is 30.9 Å². The minimum absolute atomic E-state index is 0.295. The first kappa shape index (κ1) is 28.2. The predicted molar refractivity (Wildman–Crippen MR) is 146 cm³/mol. The van der Waals surface area contributed by atoms with Crippen LogP contribution < -0.4 is 19.5 Å². The number of carbonyl (C=O) groups excluding carboxylic acids is 1. The number of hydrogen-bond acceptors (Lipinski definition) is 7. The first-order chi connectivity index (χ1) is 18.6. The van der Waals surface area contributed by atoms with Crippen LogP contribution in [0.3, 0.4) is 0 Å². The topological polar surface area (TPSA) is 127 Å². The second-order valence-electron chi connectivity index (χ2n) is 10.6. The van der Waals surface area contributed by atoms with E-state index in [0.29, 0.717) is 67.2 Å². The van der Waals surface area contributed by atoms with Crippen molar-refractivity contribution in [2.45, 2.75) is 64.5 Å². The number of rotatable bonds is 13. The second-order valence-corrected chi connectivity index (χ2v) is 10.6. The third-order valence-electron chi connectivity index (χ3n) is 7.00. The fraction of sp³-hybridized carbons (Fsp3) is 0.433. The number of carboxylic acid groups (broad SMARTS) is 1. The molecule has 4 rings (SSSR count). The number of ether oxygens (including phenoxy) is 3. The summed E-state index contributed by atoms with van der Waals surface area (Å²) in [7, 11) is 1.57. The molecule has 0 radical (unpaired) electrons. The average molecular weight is 537 g/mol. The zero-order valence-corrected chi connectivity index (χ0v) is 22.8. The van der Waals surface area contributed by atoms with Gasteiger partial charge < -0.3 is 29.7 Å². The SMILES string of the molecule is CCC(NC(=O)C1(C(=O)O)CC1)c1ccc(Oc2ccnc3cc(OCCCC(C)(C)O)c(OC)cc23)cc1. The van der Waals surface area contributed by atoms with Crippen LogP contribution in [0, 0.1) is 5.41 Å². The maximum absolute atomic E-state index is 12.6. The Labute approximate surface area is 228 Å². The summed E-state index contributed by atoms with van der Waals surface area (Å²) in [5, 5.41) is 23.0. The van der Waals surface area contributed by atoms with E-state index >= 15 is 0 Å². The molecule has 1 aromatic heterocycles. The van der Waals surface area contributed by atoms with Gasteiger partial charge in [-0.2, -0.15) is 0 Å². The van der Waals surface area contributed by atoms with E-state index in [4.69, 9.17) is 14.2 Å². The van der Waals surface area contributed by atoms with Crippen molar-refractivity contribution >= 4 is 22.8 Å². The number of aromatic nitrogens is 1. The highest BCUT2D eigenvalue weighted by Crippen LogP contribution is 2.46. The van der Waals surface area contributed by atoms with Crippen LogP contribution in [-0.2, 0) is 9.59 Å². The molecule has 1 aliphatic carbocycles. The molecule has 0 spiro atoms. The van der Waals surface area contributed by atoms with Crippen LogP contribution in [0.4, 0.5) is 0 Å². The van der Waals surface area contributed by atoms with Crippen molar-refractivity contribution < 1.29 is 34.0 Å². The summed E-state index contributed by atoms with van der Waals surface area (Å²) in [5.74, 6) is 0.817. The number of nitrogens with zero attached hydrogens (tertiary/aromatic N) is 1. The molecular weight excluding hydrogens is 500 g/mol. The quantitative estimate of drug-likeness (QED) is 0.196. The van der Waals surface area contributed by atoms with Gasteiger partial charge in [0.15, 0.2) is 11.5 Å². The van der Waals surface area contributed by atoms with Crippen molar-refractivity contribution in [1.82, 2.24) is 10.3 Å². The van der Waals surface area contributed by atoms with E-state index in [1.54, 1.807) is 33.2 Å². The molecule has 0 aliphatic heterocycles. The molecule has 1 aliphatic rings. The molecule has 1 unspecified atom stereocenters. The molecule has 0 bridgehead atoms. The first-order valence-electron chi connectivity index (χ1n) is 13.2. The van der Waals surface area contributed by atoms with E-state index in [-0.39, 0.29) is 6.04 Å². The van der Waals surface area contributed by atoms with Crippen LogP contribution >= 0.6 is 0 Å². The number of aliphatic carboxylic acids is 1. The van der Waals surface area contributed by atoms with Crippen LogP contribution in [0.2, 0.25) is 0 Å². The molecule has 1 heterocycles. The van der Waals surface area contributed by atoms with Crippen molar-refractivity contribution in [3.8, 4) is 23.0 Å². The van der Waals surface area contributed by atoms with Gasteiger partial charge in [0.1, 0.15) is 16.9 Å². The molecular formula is C30H36N2O7. The number of carbonyl (C=O) groups is 2. The van der Waals surface area contributed by atoms with Crippen molar-refractivity contribution in [2.75, 3.05) is 13.7 Å². The van der Waals surface area contributed by atoms with E-state index in [1.807, 2.05) is 43.3 Å². The lowest BCUT2D eigenvalue weighted by molar-refractivity contribution is -0.149. The zero-order valence-electron chi connectivity index (χ0n) is 22.8. The van der Waals surface area contributed by atoms with Gasteiger partial charge >= 0.3 is 5.97 Å². The summed E-state index contributed by atoms with van der Waals surface area (Å²) in [4.78, 5) is 28.5. The van der Waals surface area contributed by atoms with E-state index in [2.05, 4.69) is 10.3 Å². The highest BCUT2D eigenvalue weighted by Gasteiger charge is 2.57. The smallest absolute Gasteiger partial charge is 0.319 e. The van der Waals surface area contributed by atoms with Crippen LogP contribution in [0.5, 0.6) is 23.0 Å². The Bertz CT molecular complexity index is 1330. The summed E-state index contributed by atoms with van der Waals surface area (Å²) in [6.45, 7) is 5.92. The Balaban J connectivity index is 1.47. The largest absolute Gasteiger partial charge is 0.493 e. The minimum Gasteiger partial charge on any atom is -0.493 e. The molecule has 1 amide bonds. The molecule has 1 saturated carbocycles. The van der Waals surface area contributed by atoms with Gasteiger partial charge in [-0.3, -0.25) is 14.6 Å². The molecule has 3 aromatic rings. The Hall–Kier alpha value is -3.85. The Kier molecular flexibility index (Phi) is 8.30. The number of pyridine rings is 1. The standard InChI is InChI=1S/C30H36N2O7/c1-5-22(32-27(33)30(13-14-30)28(34)35)19-7-9-20(10-8-19)39-24-11-15-31-23-18-26(25(37-4)17-21(23)24)38-16-6-12-29(2,3)36/h7-11,15,17-18,22,36H,5-6,12-14,16H2,1-4H3,(H,32,33)(H,34,35). The minimum atomic E-state index is -1.28. The van der Waals surface area contributed by atoms with E-state index in [9.17, 15) is 19.8 Å². The molecule has 208 valence electrons. The first-order valence-corrected chi connectivity index (χ1v) is 13.2. The normalized spacial score (nSPS) is 14.9. The molecule has 9 nitrogen and oxygen atoms in total. The van der Waals surface area contributed by atoms with E-state index in [0.717, 1.165) is 10.9 Å². The van der Waals surface area contributed by atoms with Crippen LogP contribution in [0.15, 0.2) is 48.7 Å². The van der Waals surface area contributed by atoms with Crippen molar-refractivity contribution in [3.05, 3.63) is 54.2 Å². The Morgan fingerprint density at radius 1 is 1.10 bits per heavy atom. The number of methoxy groups -OCH3 is 1. The molecule has 9 heteroatoms.